The number of fused-ring (bicyclic) bond motifs is 1. The van der Waals surface area contributed by atoms with Crippen LogP contribution in [0.4, 0.5) is 0 Å². The monoisotopic (exact) mass is 251 g/mol. The highest BCUT2D eigenvalue weighted by atomic mass is 14.7. The van der Waals surface area contributed by atoms with E-state index in [4.69, 9.17) is 5.73 Å². The van der Waals surface area contributed by atoms with Gasteiger partial charge in [-0.25, -0.2) is 0 Å². The van der Waals surface area contributed by atoms with E-state index in [-0.39, 0.29) is 6.04 Å². The van der Waals surface area contributed by atoms with Gasteiger partial charge in [0.15, 0.2) is 0 Å². The lowest BCUT2D eigenvalue weighted by molar-refractivity contribution is 0.452. The second-order valence-electron chi connectivity index (χ2n) is 5.75. The average molecular weight is 251 g/mol. The Morgan fingerprint density at radius 3 is 2.21 bits per heavy atom. The first-order valence-corrected chi connectivity index (χ1v) is 7.05. The lowest BCUT2D eigenvalue weighted by Crippen LogP contribution is -2.23. The van der Waals surface area contributed by atoms with Gasteiger partial charge in [0.2, 0.25) is 0 Å². The summed E-state index contributed by atoms with van der Waals surface area (Å²) in [5, 5.41) is 0. The minimum Gasteiger partial charge on any atom is -0.324 e. The van der Waals surface area contributed by atoms with E-state index in [0.717, 1.165) is 12.8 Å². The lowest BCUT2D eigenvalue weighted by atomic mass is 9.88. The number of hydrogen-bond acceptors (Lipinski definition) is 1. The number of nitrogens with two attached hydrogens (primary N) is 1. The van der Waals surface area contributed by atoms with Gasteiger partial charge in [-0.3, -0.25) is 0 Å². The molecule has 2 aromatic carbocycles. The maximum Gasteiger partial charge on any atom is 0.0332 e. The molecule has 19 heavy (non-hydrogen) atoms. The predicted octanol–water partition coefficient (Wildman–Crippen LogP) is 3.72. The molecule has 1 unspecified atom stereocenters. The van der Waals surface area contributed by atoms with Crippen LogP contribution < -0.4 is 5.73 Å². The third-order valence-electron chi connectivity index (χ3n) is 4.60. The van der Waals surface area contributed by atoms with Crippen molar-refractivity contribution in [2.75, 3.05) is 0 Å². The normalized spacial score (nSPS) is 16.4. The molecule has 98 valence electrons. The zero-order chi connectivity index (χ0) is 13.4. The van der Waals surface area contributed by atoms with Crippen LogP contribution in [0.15, 0.2) is 42.5 Å². The highest BCUT2D eigenvalue weighted by molar-refractivity contribution is 5.38. The zero-order valence-corrected chi connectivity index (χ0v) is 11.7. The first-order valence-electron chi connectivity index (χ1n) is 7.05. The molecular formula is C18H21N. The van der Waals surface area contributed by atoms with E-state index < -0.39 is 0 Å². The van der Waals surface area contributed by atoms with Crippen LogP contribution in [0.5, 0.6) is 0 Å². The van der Waals surface area contributed by atoms with Crippen molar-refractivity contribution in [3.63, 3.8) is 0 Å². The van der Waals surface area contributed by atoms with Gasteiger partial charge in [0.05, 0.1) is 0 Å². The molecule has 0 aromatic heterocycles. The lowest BCUT2D eigenvalue weighted by Gasteiger charge is -2.22. The minimum absolute atomic E-state index is 0.146. The third kappa shape index (κ3) is 2.19. The van der Waals surface area contributed by atoms with Gasteiger partial charge < -0.3 is 5.73 Å². The van der Waals surface area contributed by atoms with Crippen molar-refractivity contribution in [2.24, 2.45) is 11.7 Å². The number of hydrogen-bond donors (Lipinski definition) is 1. The van der Waals surface area contributed by atoms with E-state index in [9.17, 15) is 0 Å². The maximum absolute atomic E-state index is 6.55. The fourth-order valence-electron chi connectivity index (χ4n) is 3.24. The van der Waals surface area contributed by atoms with Crippen molar-refractivity contribution >= 4 is 0 Å². The third-order valence-corrected chi connectivity index (χ3v) is 4.60. The fourth-order valence-corrected chi connectivity index (χ4v) is 3.24. The van der Waals surface area contributed by atoms with Crippen molar-refractivity contribution in [3.05, 3.63) is 70.3 Å². The van der Waals surface area contributed by atoms with E-state index in [0.29, 0.717) is 5.92 Å². The Kier molecular flexibility index (Phi) is 3.16. The Bertz CT molecular complexity index is 575. The quantitative estimate of drug-likeness (QED) is 0.865. The van der Waals surface area contributed by atoms with Crippen molar-refractivity contribution in [3.8, 4) is 0 Å². The van der Waals surface area contributed by atoms with E-state index in [1.807, 2.05) is 0 Å². The maximum atomic E-state index is 6.55. The number of rotatable bonds is 2. The highest BCUT2D eigenvalue weighted by Crippen LogP contribution is 2.35. The molecule has 0 radical (unpaired) electrons. The summed E-state index contributed by atoms with van der Waals surface area (Å²) >= 11 is 0. The molecule has 0 fully saturated rings. The van der Waals surface area contributed by atoms with E-state index in [2.05, 4.69) is 56.3 Å². The Hall–Kier alpha value is -1.60. The van der Waals surface area contributed by atoms with Gasteiger partial charge in [-0.1, -0.05) is 42.5 Å². The molecule has 1 atom stereocenters. The van der Waals surface area contributed by atoms with Crippen LogP contribution in [0.1, 0.15) is 33.9 Å². The van der Waals surface area contributed by atoms with Crippen molar-refractivity contribution in [1.29, 1.82) is 0 Å². The molecule has 1 heteroatoms. The molecule has 2 N–H and O–H groups in total. The van der Waals surface area contributed by atoms with Crippen LogP contribution >= 0.6 is 0 Å². The summed E-state index contributed by atoms with van der Waals surface area (Å²) in [6.07, 6.45) is 2.23. The number of aryl methyl sites for hydroxylation is 1. The second kappa shape index (κ2) is 4.82. The van der Waals surface area contributed by atoms with Crippen LogP contribution in [-0.4, -0.2) is 0 Å². The Morgan fingerprint density at radius 1 is 0.947 bits per heavy atom. The largest absolute Gasteiger partial charge is 0.324 e. The van der Waals surface area contributed by atoms with Gasteiger partial charge in [0.1, 0.15) is 0 Å². The predicted molar refractivity (Wildman–Crippen MR) is 80.2 cm³/mol. The summed E-state index contributed by atoms with van der Waals surface area (Å²) in [4.78, 5) is 0. The topological polar surface area (TPSA) is 26.0 Å². The van der Waals surface area contributed by atoms with E-state index >= 15 is 0 Å². The Morgan fingerprint density at radius 2 is 1.58 bits per heavy atom. The molecule has 0 saturated heterocycles. The SMILES string of the molecule is Cc1cccc(C(N)C2Cc3ccccc3C2)c1C. The fraction of sp³-hybridized carbons (Fsp3) is 0.333. The molecule has 0 bridgehead atoms. The average Bonchev–Trinajstić information content (AvgIpc) is 2.85. The standard InChI is InChI=1S/C18H21N/c1-12-6-5-9-17(13(12)2)18(19)16-10-14-7-3-4-8-15(14)11-16/h3-9,16,18H,10-11,19H2,1-2H3. The van der Waals surface area contributed by atoms with Crippen LogP contribution in [0, 0.1) is 19.8 Å². The van der Waals surface area contributed by atoms with Crippen molar-refractivity contribution in [2.45, 2.75) is 32.7 Å². The van der Waals surface area contributed by atoms with Crippen LogP contribution in [0.3, 0.4) is 0 Å². The second-order valence-corrected chi connectivity index (χ2v) is 5.75. The van der Waals surface area contributed by atoms with Gasteiger partial charge >= 0.3 is 0 Å². The van der Waals surface area contributed by atoms with Crippen molar-refractivity contribution in [1.82, 2.24) is 0 Å². The van der Waals surface area contributed by atoms with Gasteiger partial charge in [-0.2, -0.15) is 0 Å². The first-order chi connectivity index (χ1) is 9.16. The Balaban J connectivity index is 1.87. The van der Waals surface area contributed by atoms with E-state index in [1.165, 1.54) is 27.8 Å². The van der Waals surface area contributed by atoms with E-state index in [1.54, 1.807) is 0 Å². The van der Waals surface area contributed by atoms with Gasteiger partial charge in [-0.15, -0.1) is 0 Å². The molecule has 0 heterocycles. The highest BCUT2D eigenvalue weighted by Gasteiger charge is 2.27. The summed E-state index contributed by atoms with van der Waals surface area (Å²) in [7, 11) is 0. The molecule has 1 aliphatic carbocycles. The zero-order valence-electron chi connectivity index (χ0n) is 11.7. The summed E-state index contributed by atoms with van der Waals surface area (Å²) in [5.41, 5.74) is 13.5. The minimum atomic E-state index is 0.146. The van der Waals surface area contributed by atoms with Gasteiger partial charge in [0, 0.05) is 6.04 Å². The molecule has 0 spiro atoms. The molecule has 1 nitrogen and oxygen atoms in total. The molecule has 1 aliphatic rings. The smallest absolute Gasteiger partial charge is 0.0332 e. The van der Waals surface area contributed by atoms with Gasteiger partial charge in [0.25, 0.3) is 0 Å². The van der Waals surface area contributed by atoms with Gasteiger partial charge in [-0.05, 0) is 60.4 Å². The molecule has 0 aliphatic heterocycles. The molecule has 0 saturated carbocycles. The van der Waals surface area contributed by atoms with Crippen LogP contribution in [0.2, 0.25) is 0 Å². The number of benzene rings is 2. The summed E-state index contributed by atoms with van der Waals surface area (Å²) in [5.74, 6) is 0.540. The molecule has 2 aromatic rings. The summed E-state index contributed by atoms with van der Waals surface area (Å²) in [6, 6.07) is 15.4. The summed E-state index contributed by atoms with van der Waals surface area (Å²) in [6.45, 7) is 4.35. The van der Waals surface area contributed by atoms with Crippen LogP contribution in [0.25, 0.3) is 0 Å². The Labute approximate surface area is 115 Å². The summed E-state index contributed by atoms with van der Waals surface area (Å²) < 4.78 is 0. The van der Waals surface area contributed by atoms with Crippen molar-refractivity contribution < 1.29 is 0 Å². The molecule has 0 amide bonds. The molecular weight excluding hydrogens is 230 g/mol. The molecule has 3 rings (SSSR count). The first kappa shape index (κ1) is 12.4. The van der Waals surface area contributed by atoms with Crippen LogP contribution in [-0.2, 0) is 12.8 Å².